The molecule has 0 saturated carbocycles. The molecule has 0 atom stereocenters. The maximum Gasteiger partial charge on any atom is 0.245 e. The molecule has 1 heterocycles. The normalized spacial score (nSPS) is 11.1. The van der Waals surface area contributed by atoms with E-state index in [0.717, 1.165) is 11.1 Å². The van der Waals surface area contributed by atoms with Gasteiger partial charge >= 0.3 is 0 Å². The molecule has 2 N–H and O–H groups in total. The minimum Gasteiger partial charge on any atom is -0.360 e. The number of hydrogen-bond acceptors (Lipinski definition) is 4. The highest BCUT2D eigenvalue weighted by atomic mass is 16.5. The molecule has 0 fully saturated rings. The van der Waals surface area contributed by atoms with Crippen LogP contribution >= 0.6 is 0 Å². The summed E-state index contributed by atoms with van der Waals surface area (Å²) in [7, 11) is 0. The van der Waals surface area contributed by atoms with Gasteiger partial charge in [-0.3, -0.25) is 9.59 Å². The highest BCUT2D eigenvalue weighted by molar-refractivity contribution is 5.99. The number of amides is 2. The van der Waals surface area contributed by atoms with Crippen LogP contribution in [0.25, 0.3) is 5.57 Å². The van der Waals surface area contributed by atoms with Crippen molar-refractivity contribution in [1.29, 1.82) is 0 Å². The Hall–Kier alpha value is -2.89. The first-order chi connectivity index (χ1) is 10.5. The van der Waals surface area contributed by atoms with Crippen molar-refractivity contribution in [2.24, 2.45) is 0 Å². The first kappa shape index (κ1) is 15.5. The first-order valence-corrected chi connectivity index (χ1v) is 6.79. The molecule has 1 aromatic carbocycles. The van der Waals surface area contributed by atoms with Gasteiger partial charge in [-0.05, 0) is 25.0 Å². The van der Waals surface area contributed by atoms with Crippen molar-refractivity contribution in [1.82, 2.24) is 10.5 Å². The Bertz CT molecular complexity index is 690. The van der Waals surface area contributed by atoms with Crippen LogP contribution in [0.15, 0.2) is 47.0 Å². The number of nitrogens with one attached hydrogen (secondary N) is 2. The van der Waals surface area contributed by atoms with E-state index in [-0.39, 0.29) is 18.4 Å². The number of hydrogen-bond donors (Lipinski definition) is 2. The summed E-state index contributed by atoms with van der Waals surface area (Å²) in [4.78, 5) is 23.4. The SMILES string of the molecule is C/C(=C\C(=O)NCC(=O)Nc1cc(C)on1)c1ccccc1. The third-order valence-corrected chi connectivity index (χ3v) is 2.90. The smallest absolute Gasteiger partial charge is 0.245 e. The van der Waals surface area contributed by atoms with Crippen LogP contribution in [-0.4, -0.2) is 23.5 Å². The van der Waals surface area contributed by atoms with Crippen molar-refractivity contribution in [3.63, 3.8) is 0 Å². The Morgan fingerprint density at radius 3 is 2.64 bits per heavy atom. The van der Waals surface area contributed by atoms with Gasteiger partial charge in [-0.1, -0.05) is 35.5 Å². The number of allylic oxidation sites excluding steroid dienone is 1. The number of aryl methyl sites for hydroxylation is 1. The second-order valence-electron chi connectivity index (χ2n) is 4.78. The molecule has 2 amide bonds. The zero-order valence-corrected chi connectivity index (χ0v) is 12.4. The Balaban J connectivity index is 1.83. The molecule has 0 saturated heterocycles. The van der Waals surface area contributed by atoms with Crippen molar-refractivity contribution in [3.05, 3.63) is 53.8 Å². The van der Waals surface area contributed by atoms with Crippen molar-refractivity contribution < 1.29 is 14.1 Å². The molecule has 6 heteroatoms. The zero-order chi connectivity index (χ0) is 15.9. The van der Waals surface area contributed by atoms with E-state index in [1.54, 1.807) is 13.0 Å². The molecule has 114 valence electrons. The summed E-state index contributed by atoms with van der Waals surface area (Å²) < 4.78 is 4.83. The Morgan fingerprint density at radius 1 is 1.27 bits per heavy atom. The number of aromatic nitrogens is 1. The Labute approximate surface area is 128 Å². The van der Waals surface area contributed by atoms with Gasteiger partial charge in [0.25, 0.3) is 0 Å². The molecule has 22 heavy (non-hydrogen) atoms. The Kier molecular flexibility index (Phi) is 5.08. The quantitative estimate of drug-likeness (QED) is 0.828. The summed E-state index contributed by atoms with van der Waals surface area (Å²) in [5, 5.41) is 8.69. The van der Waals surface area contributed by atoms with Gasteiger partial charge in [-0.15, -0.1) is 0 Å². The summed E-state index contributed by atoms with van der Waals surface area (Å²) >= 11 is 0. The average Bonchev–Trinajstić information content (AvgIpc) is 2.91. The number of carbonyl (C=O) groups is 2. The number of carbonyl (C=O) groups excluding carboxylic acids is 2. The third kappa shape index (κ3) is 4.59. The maximum atomic E-state index is 11.8. The van der Waals surface area contributed by atoms with E-state index in [2.05, 4.69) is 15.8 Å². The minimum atomic E-state index is -0.368. The predicted octanol–water partition coefficient (Wildman–Crippen LogP) is 2.14. The van der Waals surface area contributed by atoms with Crippen LogP contribution in [-0.2, 0) is 9.59 Å². The van der Waals surface area contributed by atoms with E-state index < -0.39 is 0 Å². The van der Waals surface area contributed by atoms with Crippen molar-refractivity contribution in [2.75, 3.05) is 11.9 Å². The molecule has 0 radical (unpaired) electrons. The van der Waals surface area contributed by atoms with Gasteiger partial charge in [0.05, 0.1) is 6.54 Å². The van der Waals surface area contributed by atoms with Crippen molar-refractivity contribution in [3.8, 4) is 0 Å². The van der Waals surface area contributed by atoms with Crippen LogP contribution in [0.3, 0.4) is 0 Å². The Morgan fingerprint density at radius 2 is 2.00 bits per heavy atom. The molecular formula is C16H17N3O3. The fourth-order valence-corrected chi connectivity index (χ4v) is 1.81. The van der Waals surface area contributed by atoms with Crippen LogP contribution in [0.5, 0.6) is 0 Å². The summed E-state index contributed by atoms with van der Waals surface area (Å²) in [6.07, 6.45) is 1.46. The highest BCUT2D eigenvalue weighted by Crippen LogP contribution is 2.12. The van der Waals surface area contributed by atoms with Gasteiger partial charge in [-0.2, -0.15) is 0 Å². The topological polar surface area (TPSA) is 84.2 Å². The highest BCUT2D eigenvalue weighted by Gasteiger charge is 2.07. The molecule has 0 aliphatic rings. The van der Waals surface area contributed by atoms with E-state index in [4.69, 9.17) is 4.52 Å². The van der Waals surface area contributed by atoms with Gasteiger partial charge < -0.3 is 15.2 Å². The number of anilines is 1. The minimum absolute atomic E-state index is 0.136. The summed E-state index contributed by atoms with van der Waals surface area (Å²) in [6.45, 7) is 3.43. The lowest BCUT2D eigenvalue weighted by molar-refractivity contribution is -0.121. The maximum absolute atomic E-state index is 11.8. The molecular weight excluding hydrogens is 282 g/mol. The van der Waals surface area contributed by atoms with Gasteiger partial charge in [-0.25, -0.2) is 0 Å². The molecule has 0 bridgehead atoms. The van der Waals surface area contributed by atoms with E-state index in [0.29, 0.717) is 11.6 Å². The number of benzene rings is 1. The first-order valence-electron chi connectivity index (χ1n) is 6.79. The summed E-state index contributed by atoms with van der Waals surface area (Å²) in [6, 6.07) is 11.1. The molecule has 6 nitrogen and oxygen atoms in total. The largest absolute Gasteiger partial charge is 0.360 e. The third-order valence-electron chi connectivity index (χ3n) is 2.90. The van der Waals surface area contributed by atoms with Gasteiger partial charge in [0.1, 0.15) is 5.76 Å². The lowest BCUT2D eigenvalue weighted by Gasteiger charge is -2.04. The van der Waals surface area contributed by atoms with E-state index >= 15 is 0 Å². The second kappa shape index (κ2) is 7.21. The van der Waals surface area contributed by atoms with Crippen LogP contribution in [0.4, 0.5) is 5.82 Å². The van der Waals surface area contributed by atoms with Gasteiger partial charge in [0.2, 0.25) is 11.8 Å². The lowest BCUT2D eigenvalue weighted by atomic mass is 10.1. The average molecular weight is 299 g/mol. The summed E-state index contributed by atoms with van der Waals surface area (Å²) in [5.74, 6) is 0.230. The summed E-state index contributed by atoms with van der Waals surface area (Å²) in [5.41, 5.74) is 1.78. The lowest BCUT2D eigenvalue weighted by Crippen LogP contribution is -2.31. The standard InChI is InChI=1S/C16H17N3O3/c1-11(13-6-4-3-5-7-13)8-15(20)17-10-16(21)18-14-9-12(2)22-19-14/h3-9H,10H2,1-2H3,(H,17,20)(H,18,19,21)/b11-8+. The van der Waals surface area contributed by atoms with Crippen LogP contribution < -0.4 is 10.6 Å². The molecule has 0 spiro atoms. The van der Waals surface area contributed by atoms with Crippen LogP contribution in [0.1, 0.15) is 18.2 Å². The monoisotopic (exact) mass is 299 g/mol. The zero-order valence-electron chi connectivity index (χ0n) is 12.4. The number of nitrogens with zero attached hydrogens (tertiary/aromatic N) is 1. The fourth-order valence-electron chi connectivity index (χ4n) is 1.81. The predicted molar refractivity (Wildman–Crippen MR) is 83.0 cm³/mol. The second-order valence-corrected chi connectivity index (χ2v) is 4.78. The molecule has 0 unspecified atom stereocenters. The van der Waals surface area contributed by atoms with Gasteiger partial charge in [0.15, 0.2) is 5.82 Å². The fraction of sp³-hybridized carbons (Fsp3) is 0.188. The number of rotatable bonds is 5. The molecule has 0 aliphatic carbocycles. The molecule has 0 aliphatic heterocycles. The molecule has 2 aromatic rings. The van der Waals surface area contributed by atoms with Crippen molar-refractivity contribution >= 4 is 23.2 Å². The van der Waals surface area contributed by atoms with Crippen LogP contribution in [0.2, 0.25) is 0 Å². The van der Waals surface area contributed by atoms with Crippen molar-refractivity contribution in [2.45, 2.75) is 13.8 Å². The van der Waals surface area contributed by atoms with E-state index in [1.165, 1.54) is 6.08 Å². The molecule has 2 rings (SSSR count). The van der Waals surface area contributed by atoms with Crippen LogP contribution in [0, 0.1) is 6.92 Å². The molecule has 1 aromatic heterocycles. The van der Waals surface area contributed by atoms with E-state index in [1.807, 2.05) is 37.3 Å². The van der Waals surface area contributed by atoms with E-state index in [9.17, 15) is 9.59 Å². The van der Waals surface area contributed by atoms with Gasteiger partial charge in [0, 0.05) is 12.1 Å².